The highest BCUT2D eigenvalue weighted by Gasteiger charge is 2.30. The Balaban J connectivity index is 2.12. The maximum Gasteiger partial charge on any atom is 0.127 e. The molecule has 1 aliphatic rings. The van der Waals surface area contributed by atoms with E-state index in [1.807, 2.05) is 0 Å². The molecule has 0 bridgehead atoms. The lowest BCUT2D eigenvalue weighted by Gasteiger charge is -2.31. The van der Waals surface area contributed by atoms with Crippen molar-refractivity contribution >= 4 is 0 Å². The first-order chi connectivity index (χ1) is 9.15. The van der Waals surface area contributed by atoms with Crippen LogP contribution in [0, 0.1) is 17.6 Å². The number of rotatable bonds is 5. The van der Waals surface area contributed by atoms with Crippen LogP contribution in [0.15, 0.2) is 18.2 Å². The number of halogens is 2. The molecule has 1 aliphatic carbocycles. The number of hydrogen-bond donors (Lipinski definition) is 1. The van der Waals surface area contributed by atoms with Crippen LogP contribution in [-0.4, -0.2) is 24.0 Å². The van der Waals surface area contributed by atoms with Crippen molar-refractivity contribution in [3.63, 3.8) is 0 Å². The van der Waals surface area contributed by atoms with E-state index in [0.29, 0.717) is 30.6 Å². The minimum Gasteiger partial charge on any atom is -0.330 e. The zero-order valence-corrected chi connectivity index (χ0v) is 11.4. The smallest absolute Gasteiger partial charge is 0.127 e. The molecule has 1 aromatic carbocycles. The Morgan fingerprint density at radius 1 is 1.32 bits per heavy atom. The Labute approximate surface area is 113 Å². The summed E-state index contributed by atoms with van der Waals surface area (Å²) in [5.74, 6) is -0.229. The summed E-state index contributed by atoms with van der Waals surface area (Å²) in [4.78, 5) is 2.22. The van der Waals surface area contributed by atoms with Crippen LogP contribution in [0.3, 0.4) is 0 Å². The van der Waals surface area contributed by atoms with Gasteiger partial charge in [0, 0.05) is 18.2 Å². The SMILES string of the molecule is CCN(Cc1cc(F)ccc1F)C1CCCC1CN. The second-order valence-corrected chi connectivity index (χ2v) is 5.29. The van der Waals surface area contributed by atoms with Gasteiger partial charge >= 0.3 is 0 Å². The minimum atomic E-state index is -0.380. The molecule has 1 saturated carbocycles. The zero-order chi connectivity index (χ0) is 13.8. The minimum absolute atomic E-state index is 0.331. The van der Waals surface area contributed by atoms with E-state index in [2.05, 4.69) is 11.8 Å². The Morgan fingerprint density at radius 3 is 2.79 bits per heavy atom. The molecule has 0 aromatic heterocycles. The van der Waals surface area contributed by atoms with Gasteiger partial charge in [0.25, 0.3) is 0 Å². The third-order valence-corrected chi connectivity index (χ3v) is 4.18. The lowest BCUT2D eigenvalue weighted by Crippen LogP contribution is -2.40. The number of nitrogens with zero attached hydrogens (tertiary/aromatic N) is 1. The average molecular weight is 268 g/mol. The van der Waals surface area contributed by atoms with Gasteiger partial charge in [-0.3, -0.25) is 4.90 Å². The molecule has 0 spiro atoms. The van der Waals surface area contributed by atoms with Gasteiger partial charge in [-0.1, -0.05) is 13.3 Å². The maximum atomic E-state index is 13.7. The summed E-state index contributed by atoms with van der Waals surface area (Å²) >= 11 is 0. The van der Waals surface area contributed by atoms with Gasteiger partial charge in [0.15, 0.2) is 0 Å². The summed E-state index contributed by atoms with van der Waals surface area (Å²) in [7, 11) is 0. The molecule has 1 fully saturated rings. The summed E-state index contributed by atoms with van der Waals surface area (Å²) in [6.07, 6.45) is 3.42. The van der Waals surface area contributed by atoms with E-state index in [0.717, 1.165) is 25.5 Å². The molecule has 0 radical (unpaired) electrons. The van der Waals surface area contributed by atoms with Crippen LogP contribution in [0.5, 0.6) is 0 Å². The molecule has 4 heteroatoms. The molecule has 2 nitrogen and oxygen atoms in total. The van der Waals surface area contributed by atoms with Gasteiger partial charge in [-0.15, -0.1) is 0 Å². The molecular weight excluding hydrogens is 246 g/mol. The van der Waals surface area contributed by atoms with Gasteiger partial charge in [-0.05, 0) is 50.0 Å². The Kier molecular flexibility index (Phi) is 4.88. The molecule has 0 saturated heterocycles. The normalized spacial score (nSPS) is 23.2. The lowest BCUT2D eigenvalue weighted by molar-refractivity contribution is 0.160. The molecule has 0 amide bonds. The van der Waals surface area contributed by atoms with E-state index >= 15 is 0 Å². The van der Waals surface area contributed by atoms with Gasteiger partial charge in [0.1, 0.15) is 11.6 Å². The number of benzene rings is 1. The van der Waals surface area contributed by atoms with Gasteiger partial charge in [0.2, 0.25) is 0 Å². The van der Waals surface area contributed by atoms with Crippen LogP contribution in [0.1, 0.15) is 31.7 Å². The number of nitrogens with two attached hydrogens (primary N) is 1. The van der Waals surface area contributed by atoms with Gasteiger partial charge in [-0.2, -0.15) is 0 Å². The third-order valence-electron chi connectivity index (χ3n) is 4.18. The maximum absolute atomic E-state index is 13.7. The molecule has 106 valence electrons. The van der Waals surface area contributed by atoms with E-state index < -0.39 is 0 Å². The third kappa shape index (κ3) is 3.31. The van der Waals surface area contributed by atoms with E-state index in [1.165, 1.54) is 18.6 Å². The summed E-state index contributed by atoms with van der Waals surface area (Å²) in [5.41, 5.74) is 6.24. The topological polar surface area (TPSA) is 29.3 Å². The Bertz CT molecular complexity index is 423. The van der Waals surface area contributed by atoms with Crippen molar-refractivity contribution in [1.82, 2.24) is 4.90 Å². The highest BCUT2D eigenvalue weighted by molar-refractivity contribution is 5.18. The van der Waals surface area contributed by atoms with Gasteiger partial charge < -0.3 is 5.73 Å². The van der Waals surface area contributed by atoms with Crippen molar-refractivity contribution in [1.29, 1.82) is 0 Å². The zero-order valence-electron chi connectivity index (χ0n) is 11.4. The molecule has 19 heavy (non-hydrogen) atoms. The summed E-state index contributed by atoms with van der Waals surface area (Å²) in [6, 6.07) is 4.06. The van der Waals surface area contributed by atoms with Crippen molar-refractivity contribution in [3.05, 3.63) is 35.4 Å². The second kappa shape index (κ2) is 6.44. The molecule has 0 aliphatic heterocycles. The highest BCUT2D eigenvalue weighted by atomic mass is 19.1. The van der Waals surface area contributed by atoms with Crippen LogP contribution in [0.25, 0.3) is 0 Å². The molecule has 2 N–H and O–H groups in total. The molecular formula is C15H22F2N2. The first-order valence-electron chi connectivity index (χ1n) is 7.03. The van der Waals surface area contributed by atoms with Crippen LogP contribution in [-0.2, 0) is 6.54 Å². The second-order valence-electron chi connectivity index (χ2n) is 5.29. The van der Waals surface area contributed by atoms with Crippen molar-refractivity contribution in [2.75, 3.05) is 13.1 Å². The predicted molar refractivity (Wildman–Crippen MR) is 72.6 cm³/mol. The van der Waals surface area contributed by atoms with Crippen molar-refractivity contribution < 1.29 is 8.78 Å². The summed E-state index contributed by atoms with van der Waals surface area (Å²) in [6.45, 7) is 4.02. The van der Waals surface area contributed by atoms with Crippen molar-refractivity contribution in [2.45, 2.75) is 38.8 Å². The fraction of sp³-hybridized carbons (Fsp3) is 0.600. The van der Waals surface area contributed by atoms with E-state index in [-0.39, 0.29) is 11.6 Å². The van der Waals surface area contributed by atoms with Crippen LogP contribution in [0.4, 0.5) is 8.78 Å². The standard InChI is InChI=1S/C15H22F2N2/c1-2-19(15-5-3-4-11(15)9-18)10-12-8-13(16)6-7-14(12)17/h6-8,11,15H,2-5,9-10,18H2,1H3. The first kappa shape index (κ1) is 14.4. The molecule has 2 atom stereocenters. The van der Waals surface area contributed by atoms with Gasteiger partial charge in [-0.25, -0.2) is 8.78 Å². The fourth-order valence-electron chi connectivity index (χ4n) is 3.12. The first-order valence-corrected chi connectivity index (χ1v) is 7.03. The van der Waals surface area contributed by atoms with Crippen LogP contribution < -0.4 is 5.73 Å². The molecule has 0 heterocycles. The van der Waals surface area contributed by atoms with Crippen LogP contribution in [0.2, 0.25) is 0 Å². The Morgan fingerprint density at radius 2 is 2.11 bits per heavy atom. The van der Waals surface area contributed by atoms with Crippen LogP contribution >= 0.6 is 0 Å². The van der Waals surface area contributed by atoms with E-state index in [9.17, 15) is 8.78 Å². The lowest BCUT2D eigenvalue weighted by atomic mass is 10.0. The number of hydrogen-bond acceptors (Lipinski definition) is 2. The molecule has 2 unspecified atom stereocenters. The summed E-state index contributed by atoms with van der Waals surface area (Å²) < 4.78 is 26.9. The quantitative estimate of drug-likeness (QED) is 0.889. The summed E-state index contributed by atoms with van der Waals surface area (Å²) in [5, 5.41) is 0. The Hall–Kier alpha value is -1.00. The highest BCUT2D eigenvalue weighted by Crippen LogP contribution is 2.30. The molecule has 2 rings (SSSR count). The monoisotopic (exact) mass is 268 g/mol. The van der Waals surface area contributed by atoms with E-state index in [4.69, 9.17) is 5.73 Å². The predicted octanol–water partition coefficient (Wildman–Crippen LogP) is 2.91. The van der Waals surface area contributed by atoms with E-state index in [1.54, 1.807) is 0 Å². The van der Waals surface area contributed by atoms with Gasteiger partial charge in [0.05, 0.1) is 0 Å². The average Bonchev–Trinajstić information content (AvgIpc) is 2.88. The molecule has 1 aromatic rings. The van der Waals surface area contributed by atoms with Crippen molar-refractivity contribution in [3.8, 4) is 0 Å². The largest absolute Gasteiger partial charge is 0.330 e. The fourth-order valence-corrected chi connectivity index (χ4v) is 3.12. The van der Waals surface area contributed by atoms with Crippen molar-refractivity contribution in [2.24, 2.45) is 11.7 Å².